The molecule has 6 heteroatoms. The fraction of sp³-hybridized carbons (Fsp3) is 0.867. The molecule has 0 aromatic carbocycles. The van der Waals surface area contributed by atoms with Gasteiger partial charge in [-0.15, -0.1) is 0 Å². The van der Waals surface area contributed by atoms with Crippen LogP contribution in [0, 0.1) is 5.92 Å². The van der Waals surface area contributed by atoms with Crippen LogP contribution in [-0.4, -0.2) is 36.7 Å². The third-order valence-electron chi connectivity index (χ3n) is 2.46. The second kappa shape index (κ2) is 9.73. The van der Waals surface area contributed by atoms with Gasteiger partial charge >= 0.3 is 6.09 Å². The van der Waals surface area contributed by atoms with Crippen LogP contribution in [0.3, 0.4) is 0 Å². The van der Waals surface area contributed by atoms with E-state index in [1.807, 2.05) is 20.8 Å². The lowest BCUT2D eigenvalue weighted by Crippen LogP contribution is -2.45. The maximum atomic E-state index is 12.1. The molecule has 0 heterocycles. The van der Waals surface area contributed by atoms with Crippen molar-refractivity contribution in [3.05, 3.63) is 0 Å². The first-order valence-electron chi connectivity index (χ1n) is 7.52. The zero-order chi connectivity index (χ0) is 16.5. The summed E-state index contributed by atoms with van der Waals surface area (Å²) in [5.41, 5.74) is 2.11. The highest BCUT2D eigenvalue weighted by Gasteiger charge is 2.25. The molecule has 0 aromatic heterocycles. The van der Waals surface area contributed by atoms with E-state index >= 15 is 0 Å². The van der Waals surface area contributed by atoms with Gasteiger partial charge in [0.25, 0.3) is 0 Å². The zero-order valence-electron chi connectivity index (χ0n) is 14.1. The van der Waals surface area contributed by atoms with Gasteiger partial charge in [0.2, 0.25) is 0 Å². The Labute approximate surface area is 127 Å². The minimum atomic E-state index is -0.594. The van der Waals surface area contributed by atoms with Gasteiger partial charge < -0.3 is 10.1 Å². The smallest absolute Gasteiger partial charge is 0.408 e. The molecule has 0 fully saturated rings. The molecule has 0 aliphatic heterocycles. The first-order valence-corrected chi connectivity index (χ1v) is 7.52. The molecule has 1 atom stereocenters. The summed E-state index contributed by atoms with van der Waals surface area (Å²) >= 11 is 0. The molecule has 0 saturated carbocycles. The Balaban J connectivity index is 4.43. The van der Waals surface area contributed by atoms with Crippen LogP contribution in [0.15, 0.2) is 0 Å². The Morgan fingerprint density at radius 2 is 1.81 bits per heavy atom. The van der Waals surface area contributed by atoms with Crippen molar-refractivity contribution in [3.8, 4) is 0 Å². The summed E-state index contributed by atoms with van der Waals surface area (Å²) in [6.07, 6.45) is 0.887. The molecule has 0 saturated heterocycles. The van der Waals surface area contributed by atoms with Crippen molar-refractivity contribution in [2.45, 2.75) is 66.0 Å². The van der Waals surface area contributed by atoms with Crippen LogP contribution >= 0.6 is 0 Å². The highest BCUT2D eigenvalue weighted by Crippen LogP contribution is 2.10. The molecular formula is C15H30N2O4. The van der Waals surface area contributed by atoms with Crippen LogP contribution in [0.2, 0.25) is 0 Å². The van der Waals surface area contributed by atoms with E-state index in [4.69, 9.17) is 9.57 Å². The van der Waals surface area contributed by atoms with Crippen LogP contribution in [-0.2, 0) is 14.4 Å². The first-order chi connectivity index (χ1) is 9.65. The molecule has 0 radical (unpaired) electrons. The molecule has 0 aromatic rings. The van der Waals surface area contributed by atoms with Gasteiger partial charge in [-0.05, 0) is 39.5 Å². The van der Waals surface area contributed by atoms with Crippen LogP contribution < -0.4 is 10.8 Å². The topological polar surface area (TPSA) is 76.7 Å². The summed E-state index contributed by atoms with van der Waals surface area (Å²) in [6.45, 7) is 11.9. The second-order valence-corrected chi connectivity index (χ2v) is 6.48. The van der Waals surface area contributed by atoms with Gasteiger partial charge in [0.15, 0.2) is 5.78 Å². The summed E-state index contributed by atoms with van der Waals surface area (Å²) in [7, 11) is 0. The standard InChI is InChI=1S/C15H30N2O4/c1-7-8-16-20-10-13(18)12(9-11(2)3)17-14(19)21-15(4,5)6/h11-12,16H,7-10H2,1-6H3,(H,17,19)/t12-/m0/s1. The van der Waals surface area contributed by atoms with Gasteiger partial charge in [-0.25, -0.2) is 10.3 Å². The predicted octanol–water partition coefficient (Wildman–Crippen LogP) is 2.43. The number of carbonyl (C=O) groups is 2. The maximum Gasteiger partial charge on any atom is 0.408 e. The maximum absolute atomic E-state index is 12.1. The molecule has 6 nitrogen and oxygen atoms in total. The lowest BCUT2D eigenvalue weighted by atomic mass is 10.0. The van der Waals surface area contributed by atoms with Gasteiger partial charge in [0.05, 0.1) is 6.04 Å². The minimum Gasteiger partial charge on any atom is -0.444 e. The van der Waals surface area contributed by atoms with Crippen molar-refractivity contribution >= 4 is 11.9 Å². The Morgan fingerprint density at radius 3 is 2.29 bits per heavy atom. The summed E-state index contributed by atoms with van der Waals surface area (Å²) in [4.78, 5) is 29.0. The summed E-state index contributed by atoms with van der Waals surface area (Å²) in [6, 6.07) is -0.594. The number of carbonyl (C=O) groups excluding carboxylic acids is 2. The van der Waals surface area contributed by atoms with Crippen molar-refractivity contribution in [2.24, 2.45) is 5.92 Å². The number of nitrogens with one attached hydrogen (secondary N) is 2. The Morgan fingerprint density at radius 1 is 1.19 bits per heavy atom. The number of hydroxylamine groups is 1. The average Bonchev–Trinajstić information content (AvgIpc) is 2.30. The second-order valence-electron chi connectivity index (χ2n) is 6.48. The van der Waals surface area contributed by atoms with Gasteiger partial charge in [-0.3, -0.25) is 9.63 Å². The number of amides is 1. The van der Waals surface area contributed by atoms with Crippen LogP contribution in [0.5, 0.6) is 0 Å². The summed E-state index contributed by atoms with van der Waals surface area (Å²) in [5.74, 6) is 0.107. The number of Topliss-reactive ketones (excluding diaryl/α,β-unsaturated/α-hetero) is 1. The van der Waals surface area contributed by atoms with Crippen LogP contribution in [0.25, 0.3) is 0 Å². The monoisotopic (exact) mass is 302 g/mol. The molecule has 0 unspecified atom stereocenters. The quantitative estimate of drug-likeness (QED) is 0.505. The molecule has 0 spiro atoms. The number of alkyl carbamates (subject to hydrolysis) is 1. The molecule has 0 aliphatic rings. The number of rotatable bonds is 9. The number of ketones is 1. The largest absolute Gasteiger partial charge is 0.444 e. The molecule has 0 bridgehead atoms. The first kappa shape index (κ1) is 19.9. The SMILES string of the molecule is CCCNOCC(=O)[C@H](CC(C)C)NC(=O)OC(C)(C)C. The molecule has 1 amide bonds. The summed E-state index contributed by atoms with van der Waals surface area (Å²) < 4.78 is 5.18. The molecular weight excluding hydrogens is 272 g/mol. The van der Waals surface area contributed by atoms with Crippen molar-refractivity contribution in [3.63, 3.8) is 0 Å². The van der Waals surface area contributed by atoms with Gasteiger partial charge in [-0.2, -0.15) is 0 Å². The predicted molar refractivity (Wildman–Crippen MR) is 81.9 cm³/mol. The van der Waals surface area contributed by atoms with E-state index < -0.39 is 17.7 Å². The molecule has 21 heavy (non-hydrogen) atoms. The lowest BCUT2D eigenvalue weighted by Gasteiger charge is -2.24. The Kier molecular flexibility index (Phi) is 9.21. The van der Waals surface area contributed by atoms with Crippen molar-refractivity contribution in [2.75, 3.05) is 13.2 Å². The third-order valence-corrected chi connectivity index (χ3v) is 2.46. The van der Waals surface area contributed by atoms with Crippen LogP contribution in [0.4, 0.5) is 4.79 Å². The van der Waals surface area contributed by atoms with Crippen molar-refractivity contribution < 1.29 is 19.2 Å². The van der Waals surface area contributed by atoms with Gasteiger partial charge in [-0.1, -0.05) is 20.8 Å². The summed E-state index contributed by atoms with van der Waals surface area (Å²) in [5, 5.41) is 2.63. The molecule has 0 aliphatic carbocycles. The minimum absolute atomic E-state index is 0.0762. The fourth-order valence-corrected chi connectivity index (χ4v) is 1.59. The highest BCUT2D eigenvalue weighted by molar-refractivity contribution is 5.88. The van der Waals surface area contributed by atoms with Gasteiger partial charge in [0, 0.05) is 6.54 Å². The van der Waals surface area contributed by atoms with Crippen molar-refractivity contribution in [1.29, 1.82) is 0 Å². The Bertz CT molecular complexity index is 324. The van der Waals surface area contributed by atoms with E-state index in [2.05, 4.69) is 10.8 Å². The molecule has 124 valence electrons. The normalized spacial score (nSPS) is 13.1. The average molecular weight is 302 g/mol. The zero-order valence-corrected chi connectivity index (χ0v) is 14.1. The lowest BCUT2D eigenvalue weighted by molar-refractivity contribution is -0.128. The van der Waals surface area contributed by atoms with E-state index in [1.165, 1.54) is 0 Å². The molecule has 2 N–H and O–H groups in total. The van der Waals surface area contributed by atoms with E-state index in [9.17, 15) is 9.59 Å². The third kappa shape index (κ3) is 11.2. The number of hydrogen-bond donors (Lipinski definition) is 2. The van der Waals surface area contributed by atoms with Gasteiger partial charge in [0.1, 0.15) is 12.2 Å². The number of hydrogen-bond acceptors (Lipinski definition) is 5. The number of ether oxygens (including phenoxy) is 1. The fourth-order valence-electron chi connectivity index (χ4n) is 1.59. The molecule has 0 rings (SSSR count). The Hall–Kier alpha value is -1.14. The van der Waals surface area contributed by atoms with E-state index in [0.717, 1.165) is 6.42 Å². The van der Waals surface area contributed by atoms with E-state index in [-0.39, 0.29) is 18.3 Å². The highest BCUT2D eigenvalue weighted by atomic mass is 16.6. The van der Waals surface area contributed by atoms with E-state index in [0.29, 0.717) is 13.0 Å². The van der Waals surface area contributed by atoms with Crippen LogP contribution in [0.1, 0.15) is 54.4 Å². The van der Waals surface area contributed by atoms with Crippen molar-refractivity contribution in [1.82, 2.24) is 10.8 Å². The van der Waals surface area contributed by atoms with E-state index in [1.54, 1.807) is 20.8 Å².